The molecule has 0 aromatic heterocycles. The molecular weight excluding hydrogens is 248 g/mol. The van der Waals surface area contributed by atoms with Gasteiger partial charge in [-0.25, -0.2) is 4.79 Å². The lowest BCUT2D eigenvalue weighted by Gasteiger charge is -2.06. The summed E-state index contributed by atoms with van der Waals surface area (Å²) in [4.78, 5) is 10.6. The first-order valence-electron chi connectivity index (χ1n) is 5.43. The molecule has 90 valence electrons. The maximum atomic E-state index is 10.6. The van der Waals surface area contributed by atoms with E-state index in [9.17, 15) is 4.79 Å². The second kappa shape index (κ2) is 5.52. The fourth-order valence-corrected chi connectivity index (χ4v) is 1.89. The third-order valence-electron chi connectivity index (χ3n) is 2.50. The summed E-state index contributed by atoms with van der Waals surface area (Å²) in [6.45, 7) is 0. The van der Waals surface area contributed by atoms with Crippen molar-refractivity contribution in [3.05, 3.63) is 65.2 Å². The van der Waals surface area contributed by atoms with Crippen LogP contribution in [0, 0.1) is 0 Å². The van der Waals surface area contributed by atoms with Crippen LogP contribution in [0.25, 0.3) is 17.2 Å². The molecule has 3 heteroatoms. The second-order valence-electron chi connectivity index (χ2n) is 3.77. The van der Waals surface area contributed by atoms with Crippen molar-refractivity contribution in [3.8, 4) is 11.1 Å². The summed E-state index contributed by atoms with van der Waals surface area (Å²) < 4.78 is 0. The minimum atomic E-state index is -0.978. The first-order chi connectivity index (χ1) is 8.66. The molecular formula is C15H11ClO2. The van der Waals surface area contributed by atoms with Crippen molar-refractivity contribution in [1.82, 2.24) is 0 Å². The highest BCUT2D eigenvalue weighted by Gasteiger charge is 2.03. The van der Waals surface area contributed by atoms with Crippen LogP contribution in [0.2, 0.25) is 5.02 Å². The molecule has 0 aliphatic rings. The molecule has 0 amide bonds. The Morgan fingerprint density at radius 1 is 1.11 bits per heavy atom. The Labute approximate surface area is 110 Å². The van der Waals surface area contributed by atoms with Gasteiger partial charge in [-0.1, -0.05) is 48.0 Å². The number of benzene rings is 2. The van der Waals surface area contributed by atoms with Crippen molar-refractivity contribution in [2.45, 2.75) is 0 Å². The van der Waals surface area contributed by atoms with Gasteiger partial charge in [0.15, 0.2) is 0 Å². The minimum Gasteiger partial charge on any atom is -0.478 e. The summed E-state index contributed by atoms with van der Waals surface area (Å²) in [5.41, 5.74) is 2.77. The van der Waals surface area contributed by atoms with E-state index in [4.69, 9.17) is 16.7 Å². The van der Waals surface area contributed by atoms with Crippen molar-refractivity contribution < 1.29 is 9.90 Å². The molecule has 2 rings (SSSR count). The summed E-state index contributed by atoms with van der Waals surface area (Å²) in [6, 6.07) is 15.2. The van der Waals surface area contributed by atoms with Crippen LogP contribution in [0.5, 0.6) is 0 Å². The molecule has 0 aliphatic heterocycles. The van der Waals surface area contributed by atoms with E-state index in [0.29, 0.717) is 5.02 Å². The van der Waals surface area contributed by atoms with Crippen LogP contribution in [0.15, 0.2) is 54.6 Å². The molecule has 0 heterocycles. The van der Waals surface area contributed by atoms with Gasteiger partial charge >= 0.3 is 5.97 Å². The van der Waals surface area contributed by atoms with Crippen LogP contribution in [-0.4, -0.2) is 11.1 Å². The SMILES string of the molecule is O=C(O)C=Cc1cc(Cl)ccc1-c1ccccc1. The van der Waals surface area contributed by atoms with Crippen LogP contribution in [-0.2, 0) is 4.79 Å². The Morgan fingerprint density at radius 2 is 1.83 bits per heavy atom. The van der Waals surface area contributed by atoms with E-state index >= 15 is 0 Å². The topological polar surface area (TPSA) is 37.3 Å². The largest absolute Gasteiger partial charge is 0.478 e. The predicted molar refractivity (Wildman–Crippen MR) is 73.6 cm³/mol. The van der Waals surface area contributed by atoms with Crippen molar-refractivity contribution in [1.29, 1.82) is 0 Å². The molecule has 0 radical (unpaired) electrons. The summed E-state index contributed by atoms with van der Waals surface area (Å²) in [6.07, 6.45) is 2.66. The number of carbonyl (C=O) groups is 1. The summed E-state index contributed by atoms with van der Waals surface area (Å²) >= 11 is 5.94. The highest BCUT2D eigenvalue weighted by molar-refractivity contribution is 6.30. The molecule has 0 aliphatic carbocycles. The number of hydrogen-bond donors (Lipinski definition) is 1. The van der Waals surface area contributed by atoms with Gasteiger partial charge in [-0.2, -0.15) is 0 Å². The molecule has 0 atom stereocenters. The quantitative estimate of drug-likeness (QED) is 0.842. The lowest BCUT2D eigenvalue weighted by molar-refractivity contribution is -0.131. The van der Waals surface area contributed by atoms with E-state index in [1.54, 1.807) is 18.2 Å². The molecule has 0 saturated heterocycles. The highest BCUT2D eigenvalue weighted by Crippen LogP contribution is 2.27. The summed E-state index contributed by atoms with van der Waals surface area (Å²) in [5.74, 6) is -0.978. The second-order valence-corrected chi connectivity index (χ2v) is 4.21. The van der Waals surface area contributed by atoms with Crippen molar-refractivity contribution in [2.75, 3.05) is 0 Å². The van der Waals surface area contributed by atoms with Gasteiger partial charge in [0.1, 0.15) is 0 Å². The Hall–Kier alpha value is -2.06. The lowest BCUT2D eigenvalue weighted by atomic mass is 9.99. The van der Waals surface area contributed by atoms with Gasteiger partial charge in [0.2, 0.25) is 0 Å². The first-order valence-corrected chi connectivity index (χ1v) is 5.80. The number of hydrogen-bond acceptors (Lipinski definition) is 1. The van der Waals surface area contributed by atoms with Gasteiger partial charge in [-0.05, 0) is 34.9 Å². The zero-order valence-electron chi connectivity index (χ0n) is 9.51. The van der Waals surface area contributed by atoms with Crippen LogP contribution in [0.4, 0.5) is 0 Å². The third-order valence-corrected chi connectivity index (χ3v) is 2.74. The van der Waals surface area contributed by atoms with E-state index in [0.717, 1.165) is 22.8 Å². The van der Waals surface area contributed by atoms with E-state index in [-0.39, 0.29) is 0 Å². The Kier molecular flexibility index (Phi) is 3.80. The van der Waals surface area contributed by atoms with Crippen LogP contribution < -0.4 is 0 Å². The fraction of sp³-hybridized carbons (Fsp3) is 0. The molecule has 18 heavy (non-hydrogen) atoms. The zero-order chi connectivity index (χ0) is 13.0. The molecule has 2 aromatic carbocycles. The smallest absolute Gasteiger partial charge is 0.328 e. The van der Waals surface area contributed by atoms with Gasteiger partial charge in [-0.15, -0.1) is 0 Å². The number of carboxylic acid groups (broad SMARTS) is 1. The average Bonchev–Trinajstić information content (AvgIpc) is 2.37. The van der Waals surface area contributed by atoms with Crippen molar-refractivity contribution in [2.24, 2.45) is 0 Å². The van der Waals surface area contributed by atoms with E-state index < -0.39 is 5.97 Å². The number of carboxylic acids is 1. The average molecular weight is 259 g/mol. The van der Waals surface area contributed by atoms with Crippen molar-refractivity contribution >= 4 is 23.6 Å². The van der Waals surface area contributed by atoms with Crippen LogP contribution >= 0.6 is 11.6 Å². The molecule has 0 fully saturated rings. The lowest BCUT2D eigenvalue weighted by Crippen LogP contribution is -1.88. The van der Waals surface area contributed by atoms with Gasteiger partial charge in [0.25, 0.3) is 0 Å². The zero-order valence-corrected chi connectivity index (χ0v) is 10.3. The molecule has 2 aromatic rings. The van der Waals surface area contributed by atoms with Gasteiger partial charge in [0.05, 0.1) is 0 Å². The van der Waals surface area contributed by atoms with E-state index in [2.05, 4.69) is 0 Å². The molecule has 0 bridgehead atoms. The Bertz CT molecular complexity index is 589. The molecule has 0 spiro atoms. The van der Waals surface area contributed by atoms with Gasteiger partial charge in [0, 0.05) is 11.1 Å². The van der Waals surface area contributed by atoms with E-state index in [1.165, 1.54) is 0 Å². The number of rotatable bonds is 3. The minimum absolute atomic E-state index is 0.583. The molecule has 0 saturated carbocycles. The maximum absolute atomic E-state index is 10.6. The number of aliphatic carboxylic acids is 1. The molecule has 1 N–H and O–H groups in total. The monoisotopic (exact) mass is 258 g/mol. The van der Waals surface area contributed by atoms with Crippen molar-refractivity contribution in [3.63, 3.8) is 0 Å². The molecule has 2 nitrogen and oxygen atoms in total. The normalized spacial score (nSPS) is 10.7. The predicted octanol–water partition coefficient (Wildman–Crippen LogP) is 4.10. The third kappa shape index (κ3) is 2.99. The first kappa shape index (κ1) is 12.4. The van der Waals surface area contributed by atoms with Gasteiger partial charge < -0.3 is 5.11 Å². The van der Waals surface area contributed by atoms with Crippen LogP contribution in [0.3, 0.4) is 0 Å². The van der Waals surface area contributed by atoms with E-state index in [1.807, 2.05) is 36.4 Å². The highest BCUT2D eigenvalue weighted by atomic mass is 35.5. The van der Waals surface area contributed by atoms with Crippen LogP contribution in [0.1, 0.15) is 5.56 Å². The maximum Gasteiger partial charge on any atom is 0.328 e. The Balaban J connectivity index is 2.50. The summed E-state index contributed by atoms with van der Waals surface area (Å²) in [7, 11) is 0. The summed E-state index contributed by atoms with van der Waals surface area (Å²) in [5, 5.41) is 9.27. The fourth-order valence-electron chi connectivity index (χ4n) is 1.71. The van der Waals surface area contributed by atoms with Gasteiger partial charge in [-0.3, -0.25) is 0 Å². The number of halogens is 1. The Morgan fingerprint density at radius 3 is 2.50 bits per heavy atom. The molecule has 0 unspecified atom stereocenters. The standard InChI is InChI=1S/C15H11ClO2/c16-13-7-8-14(11-4-2-1-3-5-11)12(10-13)6-9-15(17)18/h1-10H,(H,17,18).